The van der Waals surface area contributed by atoms with Gasteiger partial charge in [-0.2, -0.15) is 0 Å². The van der Waals surface area contributed by atoms with Crippen LogP contribution < -0.4 is 5.32 Å². The lowest BCUT2D eigenvalue weighted by atomic mass is 10.1. The number of phenolic OH excluding ortho intramolecular Hbond substituents is 1. The van der Waals surface area contributed by atoms with Gasteiger partial charge in [0, 0.05) is 29.9 Å². The largest absolute Gasteiger partial charge is 0.508 e. The van der Waals surface area contributed by atoms with Gasteiger partial charge in [0.15, 0.2) is 0 Å². The minimum atomic E-state index is -0.511. The number of anilines is 1. The Balaban J connectivity index is 2.02. The van der Waals surface area contributed by atoms with Crippen LogP contribution in [0.2, 0.25) is 0 Å². The van der Waals surface area contributed by atoms with Crippen LogP contribution in [0.4, 0.5) is 11.4 Å². The molecule has 7 heteroatoms. The Morgan fingerprint density at radius 1 is 1.29 bits per heavy atom. The van der Waals surface area contributed by atoms with Crippen LogP contribution in [0.25, 0.3) is 0 Å². The van der Waals surface area contributed by atoms with E-state index in [-0.39, 0.29) is 17.3 Å². The van der Waals surface area contributed by atoms with Crippen molar-refractivity contribution in [1.29, 1.82) is 0 Å². The molecule has 2 rings (SSSR count). The summed E-state index contributed by atoms with van der Waals surface area (Å²) in [5.74, 6) is -0.107. The number of non-ortho nitro benzene ring substituents is 1. The second-order valence-electron chi connectivity index (χ2n) is 5.52. The second-order valence-corrected chi connectivity index (χ2v) is 5.52. The fraction of sp³-hybridized carbons (Fsp3) is 0.235. The van der Waals surface area contributed by atoms with Crippen molar-refractivity contribution < 1.29 is 14.8 Å². The first-order chi connectivity index (χ1) is 11.4. The molecule has 126 valence electrons. The SMILES string of the molecule is C[C@H](C(=O)Nc1cccc([N+](=O)[O-])c1)N(C)Cc1ccccc1O. The predicted molar refractivity (Wildman–Crippen MR) is 90.8 cm³/mol. The maximum absolute atomic E-state index is 12.3. The number of likely N-dealkylation sites (N-methyl/N-ethyl adjacent to an activating group) is 1. The van der Waals surface area contributed by atoms with Crippen molar-refractivity contribution in [2.24, 2.45) is 0 Å². The molecule has 0 aliphatic rings. The first kappa shape index (κ1) is 17.4. The van der Waals surface area contributed by atoms with E-state index >= 15 is 0 Å². The molecule has 7 nitrogen and oxygen atoms in total. The lowest BCUT2D eigenvalue weighted by Crippen LogP contribution is -2.39. The number of phenols is 1. The fourth-order valence-corrected chi connectivity index (χ4v) is 2.19. The summed E-state index contributed by atoms with van der Waals surface area (Å²) in [5.41, 5.74) is 1.01. The monoisotopic (exact) mass is 329 g/mol. The van der Waals surface area contributed by atoms with Crippen LogP contribution >= 0.6 is 0 Å². The van der Waals surface area contributed by atoms with Gasteiger partial charge in [0.2, 0.25) is 5.91 Å². The van der Waals surface area contributed by atoms with E-state index in [1.165, 1.54) is 18.2 Å². The van der Waals surface area contributed by atoms with Gasteiger partial charge in [0.25, 0.3) is 5.69 Å². The van der Waals surface area contributed by atoms with Gasteiger partial charge in [-0.05, 0) is 26.1 Å². The highest BCUT2D eigenvalue weighted by molar-refractivity contribution is 5.94. The van der Waals surface area contributed by atoms with Gasteiger partial charge in [0.05, 0.1) is 11.0 Å². The summed E-state index contributed by atoms with van der Waals surface area (Å²) in [6.07, 6.45) is 0. The maximum atomic E-state index is 12.3. The number of aromatic hydroxyl groups is 1. The number of amides is 1. The van der Waals surface area contributed by atoms with Gasteiger partial charge in [0.1, 0.15) is 5.75 Å². The lowest BCUT2D eigenvalue weighted by Gasteiger charge is -2.24. The van der Waals surface area contributed by atoms with Gasteiger partial charge < -0.3 is 10.4 Å². The third-order valence-electron chi connectivity index (χ3n) is 3.78. The molecule has 0 fully saturated rings. The molecule has 2 aromatic rings. The Hall–Kier alpha value is -2.93. The zero-order valence-electron chi connectivity index (χ0n) is 13.5. The van der Waals surface area contributed by atoms with Crippen molar-refractivity contribution in [3.8, 4) is 5.75 Å². The Morgan fingerprint density at radius 3 is 2.67 bits per heavy atom. The van der Waals surface area contributed by atoms with Crippen LogP contribution in [0.3, 0.4) is 0 Å². The number of benzene rings is 2. The summed E-state index contributed by atoms with van der Waals surface area (Å²) in [5, 5.41) is 23.3. The number of nitrogens with one attached hydrogen (secondary N) is 1. The van der Waals surface area contributed by atoms with Crippen molar-refractivity contribution in [2.75, 3.05) is 12.4 Å². The molecule has 0 spiro atoms. The van der Waals surface area contributed by atoms with E-state index in [2.05, 4.69) is 5.32 Å². The first-order valence-corrected chi connectivity index (χ1v) is 7.41. The average Bonchev–Trinajstić information content (AvgIpc) is 2.56. The van der Waals surface area contributed by atoms with Crippen molar-refractivity contribution in [1.82, 2.24) is 4.90 Å². The number of hydrogen-bond acceptors (Lipinski definition) is 5. The minimum Gasteiger partial charge on any atom is -0.508 e. The topological polar surface area (TPSA) is 95.7 Å². The highest BCUT2D eigenvalue weighted by Gasteiger charge is 2.19. The van der Waals surface area contributed by atoms with Crippen LogP contribution in [0.1, 0.15) is 12.5 Å². The van der Waals surface area contributed by atoms with E-state index in [9.17, 15) is 20.0 Å². The Labute approximate surface area is 139 Å². The molecule has 24 heavy (non-hydrogen) atoms. The van der Waals surface area contributed by atoms with Gasteiger partial charge in [-0.25, -0.2) is 0 Å². The molecule has 0 saturated heterocycles. The Kier molecular flexibility index (Phi) is 5.49. The molecule has 2 N–H and O–H groups in total. The fourth-order valence-electron chi connectivity index (χ4n) is 2.19. The quantitative estimate of drug-likeness (QED) is 0.627. The molecule has 1 amide bonds. The predicted octanol–water partition coefficient (Wildman–Crippen LogP) is 2.76. The molecular weight excluding hydrogens is 310 g/mol. The number of hydrogen-bond donors (Lipinski definition) is 2. The molecule has 0 heterocycles. The van der Waals surface area contributed by atoms with Crippen molar-refractivity contribution in [3.63, 3.8) is 0 Å². The van der Waals surface area contributed by atoms with Crippen LogP contribution in [0, 0.1) is 10.1 Å². The minimum absolute atomic E-state index is 0.0805. The third kappa shape index (κ3) is 4.30. The van der Waals surface area contributed by atoms with Crippen LogP contribution in [-0.4, -0.2) is 33.9 Å². The molecule has 0 aliphatic heterocycles. The van der Waals surface area contributed by atoms with Gasteiger partial charge in [-0.1, -0.05) is 24.3 Å². The Bertz CT molecular complexity index is 748. The van der Waals surface area contributed by atoms with E-state index < -0.39 is 11.0 Å². The zero-order chi connectivity index (χ0) is 17.7. The molecule has 1 atom stereocenters. The molecule has 0 aliphatic carbocycles. The number of carbonyl (C=O) groups is 1. The lowest BCUT2D eigenvalue weighted by molar-refractivity contribution is -0.384. The van der Waals surface area contributed by atoms with Crippen molar-refractivity contribution >= 4 is 17.3 Å². The van der Waals surface area contributed by atoms with Gasteiger partial charge >= 0.3 is 0 Å². The number of carbonyl (C=O) groups excluding carboxylic acids is 1. The highest BCUT2D eigenvalue weighted by Crippen LogP contribution is 2.20. The number of nitrogens with zero attached hydrogens (tertiary/aromatic N) is 2. The van der Waals surface area contributed by atoms with E-state index in [1.54, 1.807) is 43.1 Å². The maximum Gasteiger partial charge on any atom is 0.271 e. The van der Waals surface area contributed by atoms with E-state index in [1.807, 2.05) is 6.07 Å². The number of nitro benzene ring substituents is 1. The van der Waals surface area contributed by atoms with Crippen LogP contribution in [0.5, 0.6) is 5.75 Å². The van der Waals surface area contributed by atoms with Crippen LogP contribution in [0.15, 0.2) is 48.5 Å². The highest BCUT2D eigenvalue weighted by atomic mass is 16.6. The average molecular weight is 329 g/mol. The molecule has 0 bridgehead atoms. The van der Waals surface area contributed by atoms with Crippen molar-refractivity contribution in [3.05, 3.63) is 64.2 Å². The molecule has 0 radical (unpaired) electrons. The zero-order valence-corrected chi connectivity index (χ0v) is 13.5. The molecule has 0 saturated carbocycles. The summed E-state index contributed by atoms with van der Waals surface area (Å²) in [6, 6.07) is 12.2. The van der Waals surface area contributed by atoms with Crippen LogP contribution in [-0.2, 0) is 11.3 Å². The summed E-state index contributed by atoms with van der Waals surface area (Å²) in [4.78, 5) is 24.4. The number of nitro groups is 1. The molecule has 0 unspecified atom stereocenters. The number of para-hydroxylation sites is 1. The molecule has 2 aromatic carbocycles. The van der Waals surface area contributed by atoms with E-state index in [0.717, 1.165) is 5.56 Å². The number of rotatable bonds is 6. The third-order valence-corrected chi connectivity index (χ3v) is 3.78. The summed E-state index contributed by atoms with van der Waals surface area (Å²) >= 11 is 0. The van der Waals surface area contributed by atoms with Crippen molar-refractivity contribution in [2.45, 2.75) is 19.5 Å². The summed E-state index contributed by atoms with van der Waals surface area (Å²) in [7, 11) is 1.77. The smallest absolute Gasteiger partial charge is 0.271 e. The second kappa shape index (κ2) is 7.56. The molecular formula is C17H19N3O4. The van der Waals surface area contributed by atoms with Gasteiger partial charge in [-0.3, -0.25) is 19.8 Å². The van der Waals surface area contributed by atoms with Gasteiger partial charge in [-0.15, -0.1) is 0 Å². The normalized spacial score (nSPS) is 12.0. The molecule has 0 aromatic heterocycles. The summed E-state index contributed by atoms with van der Waals surface area (Å²) < 4.78 is 0. The Morgan fingerprint density at radius 2 is 2.00 bits per heavy atom. The summed E-state index contributed by atoms with van der Waals surface area (Å²) in [6.45, 7) is 2.13. The first-order valence-electron chi connectivity index (χ1n) is 7.41. The van der Waals surface area contributed by atoms with E-state index in [4.69, 9.17) is 0 Å². The standard InChI is InChI=1S/C17H19N3O4/c1-12(19(2)11-13-6-3-4-9-16(13)21)17(22)18-14-7-5-8-15(10-14)20(23)24/h3-10,12,21H,11H2,1-2H3,(H,18,22)/t12-/m1/s1. The van der Waals surface area contributed by atoms with E-state index in [0.29, 0.717) is 12.2 Å².